The fourth-order valence-electron chi connectivity index (χ4n) is 3.95. The van der Waals surface area contributed by atoms with Crippen LogP contribution in [0.1, 0.15) is 25.8 Å². The van der Waals surface area contributed by atoms with E-state index >= 15 is 4.39 Å². The molecule has 0 bridgehead atoms. The van der Waals surface area contributed by atoms with Gasteiger partial charge < -0.3 is 4.90 Å². The van der Waals surface area contributed by atoms with E-state index in [0.717, 1.165) is 27.9 Å². The van der Waals surface area contributed by atoms with Crippen molar-refractivity contribution < 1.29 is 17.6 Å². The number of amides is 1. The van der Waals surface area contributed by atoms with Gasteiger partial charge in [-0.1, -0.05) is 23.7 Å². The molecular formula is C23H17BrClFN4O3S2. The first kappa shape index (κ1) is 24.2. The third-order valence-electron chi connectivity index (χ3n) is 5.79. The molecular weight excluding hydrogens is 579 g/mol. The summed E-state index contributed by atoms with van der Waals surface area (Å²) in [6.45, 7) is -0.762. The Bertz CT molecular complexity index is 1560. The molecule has 180 valence electrons. The average Bonchev–Trinajstić information content (AvgIpc) is 3.32. The average molecular weight is 596 g/mol. The molecule has 1 aliphatic heterocycles. The maximum atomic E-state index is 16.3. The normalized spacial score (nSPS) is 19.7. The van der Waals surface area contributed by atoms with Crippen LogP contribution in [0.3, 0.4) is 0 Å². The van der Waals surface area contributed by atoms with Crippen LogP contribution in [0.2, 0.25) is 5.02 Å². The van der Waals surface area contributed by atoms with Crippen LogP contribution in [-0.4, -0.2) is 53.0 Å². The molecule has 0 aliphatic carbocycles. The van der Waals surface area contributed by atoms with Gasteiger partial charge in [0.15, 0.2) is 9.84 Å². The van der Waals surface area contributed by atoms with Crippen molar-refractivity contribution in [3.8, 4) is 0 Å². The van der Waals surface area contributed by atoms with Crippen molar-refractivity contribution in [2.24, 2.45) is 0 Å². The predicted octanol–water partition coefficient (Wildman–Crippen LogP) is 4.79. The van der Waals surface area contributed by atoms with E-state index in [9.17, 15) is 13.2 Å². The van der Waals surface area contributed by atoms with Crippen LogP contribution >= 0.6 is 38.9 Å². The third-order valence-corrected chi connectivity index (χ3v) is 10.3. The van der Waals surface area contributed by atoms with Gasteiger partial charge in [-0.3, -0.25) is 14.8 Å². The molecule has 0 unspecified atom stereocenters. The first-order valence-electron chi connectivity index (χ1n) is 10.5. The molecule has 3 heterocycles. The van der Waals surface area contributed by atoms with Crippen LogP contribution in [0.15, 0.2) is 59.5 Å². The zero-order chi connectivity index (χ0) is 24.8. The molecule has 0 radical (unpaired) electrons. The Morgan fingerprint density at radius 1 is 1.20 bits per heavy atom. The van der Waals surface area contributed by atoms with Crippen molar-refractivity contribution in [3.05, 3.63) is 85.5 Å². The van der Waals surface area contributed by atoms with Crippen molar-refractivity contribution in [2.45, 2.75) is 11.4 Å². The number of rotatable bonds is 4. The summed E-state index contributed by atoms with van der Waals surface area (Å²) in [6, 6.07) is 10.2. The van der Waals surface area contributed by atoms with Crippen LogP contribution in [0.5, 0.6) is 0 Å². The molecule has 2 aromatic heterocycles. The lowest BCUT2D eigenvalue weighted by atomic mass is 10.1. The van der Waals surface area contributed by atoms with Gasteiger partial charge in [-0.25, -0.2) is 17.8 Å². The van der Waals surface area contributed by atoms with Gasteiger partial charge in [0.1, 0.15) is 5.01 Å². The van der Waals surface area contributed by atoms with Crippen molar-refractivity contribution in [1.29, 1.82) is 0 Å². The summed E-state index contributed by atoms with van der Waals surface area (Å²) in [5.41, 5.74) is 2.56. The standard InChI is InChI=1S/C23H17BrClFN4O3S2/c24-17-5-4-15(11-18(17)25)21(31)30-8-9-35(32,33)23(26,13-30)22-29-12-16(34-22)10-14-2-1-3-19-20(14)28-7-6-27-19/h1-7,11-12H,8-10,13H2/t23-/m1/s1. The van der Waals surface area contributed by atoms with Gasteiger partial charge >= 0.3 is 0 Å². The highest BCUT2D eigenvalue weighted by Gasteiger charge is 2.53. The summed E-state index contributed by atoms with van der Waals surface area (Å²) < 4.78 is 42.6. The number of hydrogen-bond donors (Lipinski definition) is 0. The summed E-state index contributed by atoms with van der Waals surface area (Å²) in [7, 11) is -4.20. The number of sulfone groups is 1. The lowest BCUT2D eigenvalue weighted by molar-refractivity contribution is 0.0666. The molecule has 1 aliphatic rings. The maximum Gasteiger partial charge on any atom is 0.278 e. The number of thiazole rings is 1. The van der Waals surface area contributed by atoms with E-state index in [1.54, 1.807) is 24.5 Å². The van der Waals surface area contributed by atoms with Gasteiger partial charge in [-0.2, -0.15) is 0 Å². The molecule has 7 nitrogen and oxygen atoms in total. The highest BCUT2D eigenvalue weighted by atomic mass is 79.9. The monoisotopic (exact) mass is 594 g/mol. The Morgan fingerprint density at radius 2 is 2.00 bits per heavy atom. The summed E-state index contributed by atoms with van der Waals surface area (Å²) in [6.07, 6.45) is 5.07. The van der Waals surface area contributed by atoms with Crippen LogP contribution in [0, 0.1) is 0 Å². The second kappa shape index (κ2) is 9.20. The van der Waals surface area contributed by atoms with Gasteiger partial charge in [0.25, 0.3) is 10.9 Å². The van der Waals surface area contributed by atoms with Crippen LogP contribution in [0.4, 0.5) is 4.39 Å². The first-order valence-corrected chi connectivity index (χ1v) is 14.1. The van der Waals surface area contributed by atoms with Gasteiger partial charge in [0.05, 0.1) is 28.4 Å². The SMILES string of the molecule is O=C(c1ccc(Br)c(Cl)c1)N1CCS(=O)(=O)[C@@](F)(c2ncc(Cc3cccc4nccnc34)s2)C1. The number of fused-ring (bicyclic) bond motifs is 1. The quantitative estimate of drug-likeness (QED) is 0.337. The molecule has 0 N–H and O–H groups in total. The number of para-hydroxylation sites is 1. The van der Waals surface area contributed by atoms with Gasteiger partial charge in [-0.15, -0.1) is 11.3 Å². The number of alkyl halides is 1. The van der Waals surface area contributed by atoms with Gasteiger partial charge in [0.2, 0.25) is 0 Å². The van der Waals surface area contributed by atoms with Crippen LogP contribution in [0.25, 0.3) is 11.0 Å². The summed E-state index contributed by atoms with van der Waals surface area (Å²) in [5.74, 6) is -1.00. The summed E-state index contributed by atoms with van der Waals surface area (Å²) in [5, 5.41) is -2.67. The van der Waals surface area contributed by atoms with Crippen molar-refractivity contribution in [2.75, 3.05) is 18.8 Å². The Balaban J connectivity index is 1.43. The van der Waals surface area contributed by atoms with E-state index in [-0.39, 0.29) is 17.1 Å². The molecule has 1 saturated heterocycles. The lowest BCUT2D eigenvalue weighted by Gasteiger charge is -2.35. The number of benzene rings is 2. The van der Waals surface area contributed by atoms with Crippen LogP contribution in [-0.2, 0) is 21.3 Å². The smallest absolute Gasteiger partial charge is 0.278 e. The second-order valence-corrected chi connectivity index (χ2v) is 12.7. The summed E-state index contributed by atoms with van der Waals surface area (Å²) in [4.78, 5) is 27.7. The van der Waals surface area contributed by atoms with Gasteiger partial charge in [0, 0.05) is 46.5 Å². The number of halogens is 3. The molecule has 5 rings (SSSR count). The van der Waals surface area contributed by atoms with E-state index in [1.807, 2.05) is 18.2 Å². The highest BCUT2D eigenvalue weighted by molar-refractivity contribution is 9.10. The topological polar surface area (TPSA) is 93.1 Å². The molecule has 1 fully saturated rings. The molecule has 0 saturated carbocycles. The minimum absolute atomic E-state index is 0.118. The van der Waals surface area contributed by atoms with E-state index in [0.29, 0.717) is 20.8 Å². The Kier molecular flexibility index (Phi) is 6.37. The van der Waals surface area contributed by atoms with E-state index in [1.165, 1.54) is 17.2 Å². The molecule has 4 aromatic rings. The molecule has 35 heavy (non-hydrogen) atoms. The van der Waals surface area contributed by atoms with Gasteiger partial charge in [-0.05, 0) is 45.8 Å². The minimum atomic E-state index is -4.20. The predicted molar refractivity (Wildman–Crippen MR) is 136 cm³/mol. The highest BCUT2D eigenvalue weighted by Crippen LogP contribution is 2.40. The maximum absolute atomic E-state index is 16.3. The lowest BCUT2D eigenvalue weighted by Crippen LogP contribution is -2.53. The van der Waals surface area contributed by atoms with E-state index < -0.39 is 33.0 Å². The zero-order valence-electron chi connectivity index (χ0n) is 18.0. The van der Waals surface area contributed by atoms with E-state index in [4.69, 9.17) is 11.6 Å². The molecule has 2 aromatic carbocycles. The van der Waals surface area contributed by atoms with Crippen molar-refractivity contribution in [1.82, 2.24) is 19.9 Å². The first-order chi connectivity index (χ1) is 16.7. The Hall–Kier alpha value is -2.47. The molecule has 0 spiro atoms. The fourth-order valence-corrected chi connectivity index (χ4v) is 7.24. The number of hydrogen-bond acceptors (Lipinski definition) is 7. The Labute approximate surface area is 218 Å². The van der Waals surface area contributed by atoms with Crippen molar-refractivity contribution >= 4 is 65.6 Å². The third kappa shape index (κ3) is 4.46. The molecule has 1 amide bonds. The zero-order valence-corrected chi connectivity index (χ0v) is 22.0. The van der Waals surface area contributed by atoms with Crippen LogP contribution < -0.4 is 0 Å². The number of carbonyl (C=O) groups is 1. The largest absolute Gasteiger partial charge is 0.333 e. The summed E-state index contributed by atoms with van der Waals surface area (Å²) >= 11 is 10.3. The van der Waals surface area contributed by atoms with Crippen molar-refractivity contribution in [3.63, 3.8) is 0 Å². The Morgan fingerprint density at radius 3 is 2.80 bits per heavy atom. The number of carbonyl (C=O) groups excluding carboxylic acids is 1. The molecule has 1 atom stereocenters. The second-order valence-electron chi connectivity index (χ2n) is 8.05. The van der Waals surface area contributed by atoms with E-state index in [2.05, 4.69) is 30.9 Å². The molecule has 12 heteroatoms. The number of aromatic nitrogens is 3. The fraction of sp³-hybridized carbons (Fsp3) is 0.217. The minimum Gasteiger partial charge on any atom is -0.333 e. The number of nitrogens with zero attached hydrogens (tertiary/aromatic N) is 4.